The normalized spacial score (nSPS) is 17.4. The van der Waals surface area contributed by atoms with Crippen LogP contribution in [-0.4, -0.2) is 4.92 Å². The molecule has 1 aliphatic heterocycles. The molecule has 0 spiro atoms. The lowest BCUT2D eigenvalue weighted by Crippen LogP contribution is -2.13. The van der Waals surface area contributed by atoms with Gasteiger partial charge in [0.25, 0.3) is 6.20 Å². The monoisotopic (exact) mass is 222 g/mol. The van der Waals surface area contributed by atoms with Crippen molar-refractivity contribution < 1.29 is 9.31 Å². The fraction of sp³-hybridized carbons (Fsp3) is 0.273. The van der Waals surface area contributed by atoms with Gasteiger partial charge >= 0.3 is 0 Å². The van der Waals surface area contributed by atoms with Gasteiger partial charge in [-0.25, -0.2) is 4.39 Å². The highest BCUT2D eigenvalue weighted by Gasteiger charge is 2.14. The second kappa shape index (κ2) is 4.30. The van der Waals surface area contributed by atoms with E-state index in [2.05, 4.69) is 5.32 Å². The molecule has 1 aliphatic rings. The summed E-state index contributed by atoms with van der Waals surface area (Å²) in [4.78, 5) is 9.84. The van der Waals surface area contributed by atoms with Gasteiger partial charge in [0.1, 0.15) is 5.82 Å². The third kappa shape index (κ3) is 2.18. The molecule has 84 valence electrons. The van der Waals surface area contributed by atoms with E-state index in [9.17, 15) is 14.5 Å². The van der Waals surface area contributed by atoms with Gasteiger partial charge in [0.05, 0.1) is 10.6 Å². The van der Waals surface area contributed by atoms with Crippen LogP contribution in [0.5, 0.6) is 0 Å². The van der Waals surface area contributed by atoms with Crippen molar-refractivity contribution in [2.24, 2.45) is 0 Å². The van der Waals surface area contributed by atoms with Gasteiger partial charge in [-0.2, -0.15) is 0 Å². The Morgan fingerprint density at radius 1 is 1.44 bits per heavy atom. The second-order valence-corrected chi connectivity index (χ2v) is 3.67. The minimum atomic E-state index is -0.491. The molecule has 1 heterocycles. The number of hydrogen-bond donors (Lipinski definition) is 1. The van der Waals surface area contributed by atoms with Gasteiger partial charge in [0.2, 0.25) is 0 Å². The first-order valence-electron chi connectivity index (χ1n) is 5.01. The Balaban J connectivity index is 2.25. The van der Waals surface area contributed by atoms with Crippen LogP contribution < -0.4 is 5.32 Å². The van der Waals surface area contributed by atoms with Gasteiger partial charge < -0.3 is 5.32 Å². The lowest BCUT2D eigenvalue weighted by Gasteiger charge is -2.05. The first kappa shape index (κ1) is 10.6. The van der Waals surface area contributed by atoms with Gasteiger partial charge in [0, 0.05) is 12.1 Å². The van der Waals surface area contributed by atoms with Crippen LogP contribution in [0.3, 0.4) is 0 Å². The highest BCUT2D eigenvalue weighted by molar-refractivity contribution is 5.31. The fourth-order valence-corrected chi connectivity index (χ4v) is 1.83. The number of rotatable bonds is 1. The molecular formula is C11H11FN2O2. The molecule has 0 atom stereocenters. The molecule has 0 bridgehead atoms. The molecule has 0 fully saturated rings. The van der Waals surface area contributed by atoms with Crippen molar-refractivity contribution in [2.75, 3.05) is 0 Å². The quantitative estimate of drug-likeness (QED) is 0.584. The van der Waals surface area contributed by atoms with E-state index in [1.807, 2.05) is 6.07 Å². The number of aryl methyl sites for hydroxylation is 1. The number of nitro groups is 1. The molecule has 0 saturated carbocycles. The van der Waals surface area contributed by atoms with E-state index in [0.29, 0.717) is 30.6 Å². The van der Waals surface area contributed by atoms with E-state index >= 15 is 0 Å². The maximum atomic E-state index is 13.4. The number of nitrogens with one attached hydrogen (secondary N) is 1. The van der Waals surface area contributed by atoms with Crippen molar-refractivity contribution in [1.82, 2.24) is 5.32 Å². The van der Waals surface area contributed by atoms with Crippen molar-refractivity contribution in [1.29, 1.82) is 0 Å². The third-order valence-electron chi connectivity index (χ3n) is 2.63. The minimum absolute atomic E-state index is 0.257. The van der Waals surface area contributed by atoms with Crippen LogP contribution in [0, 0.1) is 15.9 Å². The maximum absolute atomic E-state index is 13.4. The van der Waals surface area contributed by atoms with E-state index < -0.39 is 4.92 Å². The number of fused-ring (bicyclic) bond motifs is 1. The number of benzene rings is 1. The van der Waals surface area contributed by atoms with Crippen LogP contribution in [0.2, 0.25) is 0 Å². The second-order valence-electron chi connectivity index (χ2n) is 3.67. The molecule has 5 heteroatoms. The standard InChI is InChI=1S/C11H11FN2O2/c12-11-3-1-2-8-4-5-9(7-14(15)16)13-6-10(8)11/h1-3,7,13H,4-6H2. The van der Waals surface area contributed by atoms with Crippen LogP contribution in [0.15, 0.2) is 30.1 Å². The Hall–Kier alpha value is -1.91. The van der Waals surface area contributed by atoms with E-state index in [1.165, 1.54) is 6.07 Å². The molecule has 0 saturated heterocycles. The van der Waals surface area contributed by atoms with Gasteiger partial charge in [-0.05, 0) is 24.5 Å². The van der Waals surface area contributed by atoms with E-state index in [1.54, 1.807) is 6.07 Å². The summed E-state index contributed by atoms with van der Waals surface area (Å²) in [5, 5.41) is 13.2. The molecule has 0 amide bonds. The predicted octanol–water partition coefficient (Wildman–Crippen LogP) is 1.98. The number of allylic oxidation sites excluding steroid dienone is 1. The van der Waals surface area contributed by atoms with Crippen LogP contribution in [-0.2, 0) is 13.0 Å². The van der Waals surface area contributed by atoms with Gasteiger partial charge in [-0.15, -0.1) is 0 Å². The van der Waals surface area contributed by atoms with Crippen molar-refractivity contribution in [3.63, 3.8) is 0 Å². The smallest absolute Gasteiger partial charge is 0.253 e. The van der Waals surface area contributed by atoms with Crippen molar-refractivity contribution in [3.8, 4) is 0 Å². The van der Waals surface area contributed by atoms with Crippen LogP contribution in [0.4, 0.5) is 4.39 Å². The molecular weight excluding hydrogens is 211 g/mol. The Labute approximate surface area is 91.9 Å². The first-order valence-corrected chi connectivity index (χ1v) is 5.01. The zero-order valence-corrected chi connectivity index (χ0v) is 8.57. The minimum Gasteiger partial charge on any atom is -0.379 e. The lowest BCUT2D eigenvalue weighted by atomic mass is 10.0. The zero-order valence-electron chi connectivity index (χ0n) is 8.57. The molecule has 16 heavy (non-hydrogen) atoms. The highest BCUT2D eigenvalue weighted by Crippen LogP contribution is 2.20. The molecule has 4 nitrogen and oxygen atoms in total. The Kier molecular flexibility index (Phi) is 2.85. The molecule has 0 aromatic heterocycles. The maximum Gasteiger partial charge on any atom is 0.253 e. The molecule has 2 rings (SSSR count). The van der Waals surface area contributed by atoms with E-state index in [0.717, 1.165) is 11.8 Å². The van der Waals surface area contributed by atoms with Crippen LogP contribution in [0.25, 0.3) is 0 Å². The highest BCUT2D eigenvalue weighted by atomic mass is 19.1. The SMILES string of the molecule is O=[N+]([O-])C=C1CCc2cccc(F)c2CN1. The average molecular weight is 222 g/mol. The van der Waals surface area contributed by atoms with Crippen molar-refractivity contribution in [3.05, 3.63) is 57.2 Å². The van der Waals surface area contributed by atoms with Gasteiger partial charge in [-0.1, -0.05) is 12.1 Å². The number of nitrogens with zero attached hydrogens (tertiary/aromatic N) is 1. The predicted molar refractivity (Wildman–Crippen MR) is 56.6 cm³/mol. The fourth-order valence-electron chi connectivity index (χ4n) is 1.83. The van der Waals surface area contributed by atoms with E-state index in [4.69, 9.17) is 0 Å². The summed E-state index contributed by atoms with van der Waals surface area (Å²) in [5.74, 6) is -0.257. The zero-order chi connectivity index (χ0) is 11.5. The summed E-state index contributed by atoms with van der Waals surface area (Å²) in [6.07, 6.45) is 2.11. The average Bonchev–Trinajstić information content (AvgIpc) is 2.42. The van der Waals surface area contributed by atoms with Gasteiger partial charge in [0.15, 0.2) is 0 Å². The van der Waals surface area contributed by atoms with E-state index in [-0.39, 0.29) is 5.82 Å². The summed E-state index contributed by atoms with van der Waals surface area (Å²) >= 11 is 0. The Morgan fingerprint density at radius 3 is 3.00 bits per heavy atom. The topological polar surface area (TPSA) is 55.2 Å². The summed E-state index contributed by atoms with van der Waals surface area (Å²) in [5.41, 5.74) is 2.06. The number of halogens is 1. The summed E-state index contributed by atoms with van der Waals surface area (Å²) < 4.78 is 13.4. The summed E-state index contributed by atoms with van der Waals surface area (Å²) in [6, 6.07) is 4.92. The van der Waals surface area contributed by atoms with Gasteiger partial charge in [-0.3, -0.25) is 10.1 Å². The molecule has 0 radical (unpaired) electrons. The molecule has 1 N–H and O–H groups in total. The molecule has 0 unspecified atom stereocenters. The molecule has 0 aliphatic carbocycles. The van der Waals surface area contributed by atoms with Crippen molar-refractivity contribution in [2.45, 2.75) is 19.4 Å². The van der Waals surface area contributed by atoms with Crippen molar-refractivity contribution >= 4 is 0 Å². The lowest BCUT2D eigenvalue weighted by molar-refractivity contribution is -0.403. The molecule has 1 aromatic rings. The Morgan fingerprint density at radius 2 is 2.25 bits per heavy atom. The molecule has 1 aromatic carbocycles. The third-order valence-corrected chi connectivity index (χ3v) is 2.63. The summed E-state index contributed by atoms with van der Waals surface area (Å²) in [7, 11) is 0. The Bertz CT molecular complexity index is 457. The number of hydrogen-bond acceptors (Lipinski definition) is 3. The van der Waals surface area contributed by atoms with Crippen LogP contribution >= 0.6 is 0 Å². The largest absolute Gasteiger partial charge is 0.379 e. The van der Waals surface area contributed by atoms with Crippen LogP contribution in [0.1, 0.15) is 17.5 Å². The first-order chi connectivity index (χ1) is 7.66. The summed E-state index contributed by atoms with van der Waals surface area (Å²) in [6.45, 7) is 0.307.